The molecule has 4 bridgehead atoms. The molecular formula is C38H48N2P2. The first-order chi connectivity index (χ1) is 20.6. The van der Waals surface area contributed by atoms with Crippen molar-refractivity contribution in [2.75, 3.05) is 19.3 Å². The minimum atomic E-state index is -0.0319. The van der Waals surface area contributed by atoms with Crippen LogP contribution in [-0.2, 0) is 10.6 Å². The molecule has 220 valence electrons. The molecule has 0 aromatic heterocycles. The van der Waals surface area contributed by atoms with Gasteiger partial charge in [-0.25, -0.2) is 0 Å². The summed E-state index contributed by atoms with van der Waals surface area (Å²) in [6.07, 6.45) is 13.5. The number of hydrogen-bond donors (Lipinski definition) is 2. The second-order valence-electron chi connectivity index (χ2n) is 14.5. The van der Waals surface area contributed by atoms with Crippen LogP contribution in [0.3, 0.4) is 0 Å². The van der Waals surface area contributed by atoms with E-state index in [-0.39, 0.29) is 10.6 Å². The Labute approximate surface area is 258 Å². The van der Waals surface area contributed by atoms with Gasteiger partial charge in [-0.1, -0.05) is 60.7 Å². The third-order valence-electron chi connectivity index (χ3n) is 12.4. The van der Waals surface area contributed by atoms with Gasteiger partial charge in [-0.2, -0.15) is 0 Å². The molecular weight excluding hydrogens is 546 g/mol. The van der Waals surface area contributed by atoms with E-state index in [2.05, 4.69) is 102 Å². The molecule has 7 atom stereocenters. The van der Waals surface area contributed by atoms with Gasteiger partial charge in [0.05, 0.1) is 0 Å². The predicted octanol–water partition coefficient (Wildman–Crippen LogP) is 8.16. The van der Waals surface area contributed by atoms with Crippen molar-refractivity contribution in [2.45, 2.75) is 80.4 Å². The van der Waals surface area contributed by atoms with Crippen molar-refractivity contribution in [1.29, 1.82) is 0 Å². The van der Waals surface area contributed by atoms with E-state index in [9.17, 15) is 0 Å². The molecule has 6 aliphatic rings. The van der Waals surface area contributed by atoms with Crippen LogP contribution in [0.25, 0.3) is 22.3 Å². The van der Waals surface area contributed by atoms with E-state index >= 15 is 0 Å². The first-order valence-corrected chi connectivity index (χ1v) is 18.2. The Hall–Kier alpha value is -1.56. The maximum Gasteiger partial charge on any atom is 0.0405 e. The Morgan fingerprint density at radius 1 is 0.738 bits per heavy atom. The van der Waals surface area contributed by atoms with E-state index in [1.807, 2.05) is 0 Å². The number of nitrogens with one attached hydrogen (secondary N) is 2. The number of rotatable bonds is 7. The second kappa shape index (κ2) is 11.1. The van der Waals surface area contributed by atoms with Gasteiger partial charge in [0, 0.05) is 17.2 Å². The van der Waals surface area contributed by atoms with Gasteiger partial charge in [0.25, 0.3) is 0 Å². The molecule has 2 saturated heterocycles. The summed E-state index contributed by atoms with van der Waals surface area (Å²) in [4.78, 5) is 0. The van der Waals surface area contributed by atoms with E-state index in [0.29, 0.717) is 12.1 Å². The van der Waals surface area contributed by atoms with Crippen molar-refractivity contribution >= 4 is 18.5 Å². The average molecular weight is 595 g/mol. The smallest absolute Gasteiger partial charge is 0.0405 e. The fourth-order valence-electron chi connectivity index (χ4n) is 10.9. The van der Waals surface area contributed by atoms with Crippen molar-refractivity contribution in [2.24, 2.45) is 23.7 Å². The van der Waals surface area contributed by atoms with E-state index < -0.39 is 0 Å². The number of hydrogen-bond acceptors (Lipinski definition) is 2. The van der Waals surface area contributed by atoms with Crippen molar-refractivity contribution < 1.29 is 0 Å². The van der Waals surface area contributed by atoms with Gasteiger partial charge in [0.1, 0.15) is 0 Å². The SMILES string of the molecule is PCC1C2CC3CC(C2)CC1(c1cc(-c2ccccc2)c(-c2ccccc2)cc1C(P)(C1CCCN1)C1CCCN1)C3. The third-order valence-corrected chi connectivity index (χ3v) is 14.0. The van der Waals surface area contributed by atoms with Crippen LogP contribution in [0, 0.1) is 23.7 Å². The standard InChI is InChI=1S/C38H48N2P2/c41-24-34-29-18-25-17-26(19-29)23-37(34,22-25)32-20-30(27-9-3-1-4-10-27)31(28-11-5-2-6-12-28)21-33(32)38(42,35-13-7-15-39-35)36-14-8-16-40-36/h1-6,9-12,20-21,25-26,29,34-36,39-40H,7-8,13-19,22-24,41-42H2. The zero-order valence-electron chi connectivity index (χ0n) is 25.0. The largest absolute Gasteiger partial charge is 0.313 e. The van der Waals surface area contributed by atoms with Crippen LogP contribution >= 0.6 is 18.5 Å². The monoisotopic (exact) mass is 594 g/mol. The molecule has 0 amide bonds. The Balaban J connectivity index is 1.43. The highest BCUT2D eigenvalue weighted by Crippen LogP contribution is 2.66. The molecule has 42 heavy (non-hydrogen) atoms. The lowest BCUT2D eigenvalue weighted by molar-refractivity contribution is -0.0524. The van der Waals surface area contributed by atoms with E-state index in [1.165, 1.54) is 86.2 Å². The minimum Gasteiger partial charge on any atom is -0.313 e. The van der Waals surface area contributed by atoms with Gasteiger partial charge in [0.2, 0.25) is 0 Å². The normalized spacial score (nSPS) is 35.0. The van der Waals surface area contributed by atoms with Gasteiger partial charge in [-0.15, -0.1) is 18.5 Å². The summed E-state index contributed by atoms with van der Waals surface area (Å²) in [5.41, 5.74) is 9.14. The molecule has 6 fully saturated rings. The zero-order chi connectivity index (χ0) is 28.3. The molecule has 2 nitrogen and oxygen atoms in total. The first-order valence-electron chi connectivity index (χ1n) is 16.9. The number of benzene rings is 3. The van der Waals surface area contributed by atoms with Crippen LogP contribution in [0.2, 0.25) is 0 Å². The topological polar surface area (TPSA) is 24.1 Å². The molecule has 2 N–H and O–H groups in total. The summed E-state index contributed by atoms with van der Waals surface area (Å²) in [5, 5.41) is 8.05. The Morgan fingerprint density at radius 2 is 1.29 bits per heavy atom. The minimum absolute atomic E-state index is 0.0319. The summed E-state index contributed by atoms with van der Waals surface area (Å²) in [7, 11) is 6.78. The fraction of sp³-hybridized carbons (Fsp3) is 0.526. The Bertz CT molecular complexity index is 1320. The molecule has 7 unspecified atom stereocenters. The van der Waals surface area contributed by atoms with Gasteiger partial charge < -0.3 is 10.6 Å². The molecule has 0 spiro atoms. The quantitative estimate of drug-likeness (QED) is 0.270. The summed E-state index contributed by atoms with van der Waals surface area (Å²) in [6.45, 7) is 2.28. The molecule has 4 aliphatic carbocycles. The van der Waals surface area contributed by atoms with Crippen LogP contribution in [-0.4, -0.2) is 31.3 Å². The second-order valence-corrected chi connectivity index (χ2v) is 15.9. The highest BCUT2D eigenvalue weighted by atomic mass is 31.0. The predicted molar refractivity (Wildman–Crippen MR) is 184 cm³/mol. The van der Waals surface area contributed by atoms with Crippen LogP contribution in [0.4, 0.5) is 0 Å². The third kappa shape index (κ3) is 4.42. The van der Waals surface area contributed by atoms with Crippen molar-refractivity contribution in [3.8, 4) is 22.3 Å². The molecule has 0 radical (unpaired) electrons. The van der Waals surface area contributed by atoms with Gasteiger partial charge in [-0.05, 0) is 152 Å². The summed E-state index contributed by atoms with van der Waals surface area (Å²) in [6, 6.07) is 28.9. The molecule has 4 saturated carbocycles. The lowest BCUT2D eigenvalue weighted by atomic mass is 9.43. The maximum absolute atomic E-state index is 4.04. The summed E-state index contributed by atoms with van der Waals surface area (Å²) < 4.78 is 0. The summed E-state index contributed by atoms with van der Waals surface area (Å²) in [5.74, 6) is 3.47. The van der Waals surface area contributed by atoms with E-state index in [1.54, 1.807) is 11.1 Å². The lowest BCUT2D eigenvalue weighted by Gasteiger charge is -2.63. The molecule has 9 rings (SSSR count). The highest BCUT2D eigenvalue weighted by Gasteiger charge is 2.59. The summed E-state index contributed by atoms with van der Waals surface area (Å²) >= 11 is 0. The van der Waals surface area contributed by atoms with Crippen LogP contribution < -0.4 is 10.6 Å². The molecule has 3 aromatic rings. The molecule has 2 aliphatic heterocycles. The van der Waals surface area contributed by atoms with E-state index in [4.69, 9.17) is 0 Å². The van der Waals surface area contributed by atoms with Gasteiger partial charge in [-0.3, -0.25) is 0 Å². The van der Waals surface area contributed by atoms with Crippen molar-refractivity contribution in [1.82, 2.24) is 10.6 Å². The van der Waals surface area contributed by atoms with Crippen molar-refractivity contribution in [3.05, 3.63) is 83.9 Å². The zero-order valence-corrected chi connectivity index (χ0v) is 27.3. The van der Waals surface area contributed by atoms with Crippen LogP contribution in [0.5, 0.6) is 0 Å². The molecule has 4 heteroatoms. The van der Waals surface area contributed by atoms with Gasteiger partial charge in [0.15, 0.2) is 0 Å². The molecule has 3 aromatic carbocycles. The maximum atomic E-state index is 4.04. The van der Waals surface area contributed by atoms with Crippen LogP contribution in [0.15, 0.2) is 72.8 Å². The van der Waals surface area contributed by atoms with Crippen LogP contribution in [0.1, 0.15) is 68.9 Å². The lowest BCUT2D eigenvalue weighted by Crippen LogP contribution is -2.58. The fourth-order valence-corrected chi connectivity index (χ4v) is 12.5. The van der Waals surface area contributed by atoms with Gasteiger partial charge >= 0.3 is 0 Å². The first kappa shape index (κ1) is 28.0. The Morgan fingerprint density at radius 3 is 1.79 bits per heavy atom. The Kier molecular flexibility index (Phi) is 7.39. The highest BCUT2D eigenvalue weighted by molar-refractivity contribution is 7.18. The average Bonchev–Trinajstić information content (AvgIpc) is 3.77. The van der Waals surface area contributed by atoms with E-state index in [0.717, 1.165) is 36.8 Å². The molecule has 2 heterocycles. The van der Waals surface area contributed by atoms with Crippen molar-refractivity contribution in [3.63, 3.8) is 0 Å².